The van der Waals surface area contributed by atoms with Crippen molar-refractivity contribution in [3.8, 4) is 5.75 Å². The van der Waals surface area contributed by atoms with Crippen molar-refractivity contribution in [2.45, 2.75) is 57.3 Å². The summed E-state index contributed by atoms with van der Waals surface area (Å²) in [6.07, 6.45) is 9.88. The number of hydrogen-bond acceptors (Lipinski definition) is 4. The summed E-state index contributed by atoms with van der Waals surface area (Å²) in [4.78, 5) is 16.8. The Morgan fingerprint density at radius 3 is 2.45 bits per heavy atom. The lowest BCUT2D eigenvalue weighted by Crippen LogP contribution is -2.49. The molecule has 0 atom stereocenters. The molecule has 2 aromatic rings. The molecule has 3 saturated carbocycles. The van der Waals surface area contributed by atoms with Gasteiger partial charge in [-0.05, 0) is 73.6 Å². The number of carbonyl (C=O) groups excluding carboxylic acids is 1. The Hall–Kier alpha value is -2.63. The Kier molecular flexibility index (Phi) is 5.43. The van der Waals surface area contributed by atoms with Crippen LogP contribution in [0, 0.1) is 5.41 Å². The Morgan fingerprint density at radius 1 is 1.21 bits per heavy atom. The number of hydrogen-bond donors (Lipinski definition) is 1. The van der Waals surface area contributed by atoms with Gasteiger partial charge in [0.1, 0.15) is 18.6 Å². The quantitative estimate of drug-likeness (QED) is 0.664. The Labute approximate surface area is 170 Å². The lowest BCUT2D eigenvalue weighted by atomic mass is 9.51. The van der Waals surface area contributed by atoms with Gasteiger partial charge in [0, 0.05) is 5.41 Å². The van der Waals surface area contributed by atoms with Crippen LogP contribution >= 0.6 is 0 Å². The van der Waals surface area contributed by atoms with E-state index in [2.05, 4.69) is 22.4 Å². The minimum Gasteiger partial charge on any atom is -0.489 e. The molecule has 0 aliphatic heterocycles. The summed E-state index contributed by atoms with van der Waals surface area (Å²) in [6, 6.07) is 8.48. The van der Waals surface area contributed by atoms with Gasteiger partial charge in [0.25, 0.3) is 0 Å². The predicted octanol–water partition coefficient (Wildman–Crippen LogP) is 5.55. The molecule has 154 valence electrons. The van der Waals surface area contributed by atoms with Crippen molar-refractivity contribution in [2.24, 2.45) is 5.41 Å². The van der Waals surface area contributed by atoms with E-state index in [4.69, 9.17) is 9.15 Å². The largest absolute Gasteiger partial charge is 0.489 e. The van der Waals surface area contributed by atoms with Gasteiger partial charge >= 0.3 is 6.01 Å². The summed E-state index contributed by atoms with van der Waals surface area (Å²) in [5.74, 6) is 0.786. The Morgan fingerprint density at radius 2 is 1.90 bits per heavy atom. The van der Waals surface area contributed by atoms with Gasteiger partial charge in [0.2, 0.25) is 5.91 Å². The van der Waals surface area contributed by atoms with Crippen molar-refractivity contribution in [3.05, 3.63) is 54.2 Å². The monoisotopic (exact) mass is 398 g/mol. The number of amides is 1. The van der Waals surface area contributed by atoms with Crippen LogP contribution in [-0.2, 0) is 10.2 Å². The highest BCUT2D eigenvalue weighted by atomic mass is 19.1. The van der Waals surface area contributed by atoms with Crippen LogP contribution in [-0.4, -0.2) is 17.5 Å². The second-order valence-corrected chi connectivity index (χ2v) is 8.29. The van der Waals surface area contributed by atoms with E-state index in [0.29, 0.717) is 18.3 Å². The number of benzene rings is 1. The number of aromatic nitrogens is 1. The summed E-state index contributed by atoms with van der Waals surface area (Å²) in [5.41, 5.74) is 1.78. The van der Waals surface area contributed by atoms with Crippen molar-refractivity contribution in [1.82, 2.24) is 4.98 Å². The number of ether oxygens (including phenoxy) is 1. The number of halogens is 1. The molecular weight excluding hydrogens is 371 g/mol. The summed E-state index contributed by atoms with van der Waals surface area (Å²) in [5, 5.41) is 2.84. The number of carbonyl (C=O) groups is 1. The first-order valence-corrected chi connectivity index (χ1v) is 10.3. The molecule has 1 N–H and O–H groups in total. The fraction of sp³-hybridized carbons (Fsp3) is 0.478. The van der Waals surface area contributed by atoms with Crippen molar-refractivity contribution in [3.63, 3.8) is 0 Å². The van der Waals surface area contributed by atoms with Crippen molar-refractivity contribution < 1.29 is 18.3 Å². The summed E-state index contributed by atoms with van der Waals surface area (Å²) in [6.45, 7) is 2.19. The molecule has 0 radical (unpaired) electrons. The van der Waals surface area contributed by atoms with Crippen LogP contribution in [0.1, 0.15) is 57.4 Å². The van der Waals surface area contributed by atoms with E-state index in [1.165, 1.54) is 18.0 Å². The molecule has 0 saturated heterocycles. The number of anilines is 1. The average Bonchev–Trinajstić information content (AvgIpc) is 3.29. The molecule has 1 heterocycles. The molecule has 3 fully saturated rings. The van der Waals surface area contributed by atoms with Crippen LogP contribution in [0.2, 0.25) is 0 Å². The third kappa shape index (κ3) is 3.80. The van der Waals surface area contributed by atoms with Crippen molar-refractivity contribution >= 4 is 11.9 Å². The third-order valence-electron chi connectivity index (χ3n) is 6.88. The maximum atomic E-state index is 12.8. The highest BCUT2D eigenvalue weighted by Crippen LogP contribution is 2.58. The highest BCUT2D eigenvalue weighted by molar-refractivity contribution is 5.94. The number of rotatable bonds is 7. The highest BCUT2D eigenvalue weighted by Gasteiger charge is 2.53. The van der Waals surface area contributed by atoms with Gasteiger partial charge in [-0.3, -0.25) is 10.1 Å². The van der Waals surface area contributed by atoms with E-state index >= 15 is 0 Å². The molecule has 3 aliphatic carbocycles. The standard InChI is InChI=1S/C23H27FN2O3/c1-2-17(15-24)16-29-19-5-3-18(4-6-19)22-7-10-23(11-8-22,12-9-22)20(27)26-21-25-13-14-28-21/h3-6,13-15H,2,7-12,16H2,1H3,(H,25,26,27)/b17-15+. The first-order valence-electron chi connectivity index (χ1n) is 10.3. The predicted molar refractivity (Wildman–Crippen MR) is 108 cm³/mol. The zero-order chi connectivity index (χ0) is 20.3. The first-order chi connectivity index (χ1) is 14.1. The third-order valence-corrected chi connectivity index (χ3v) is 6.88. The molecule has 2 bridgehead atoms. The summed E-state index contributed by atoms with van der Waals surface area (Å²) < 4.78 is 23.5. The topological polar surface area (TPSA) is 64.4 Å². The molecule has 5 nitrogen and oxygen atoms in total. The van der Waals surface area contributed by atoms with E-state index in [1.54, 1.807) is 0 Å². The lowest BCUT2D eigenvalue weighted by Gasteiger charge is -2.52. The molecule has 0 unspecified atom stereocenters. The number of oxazole rings is 1. The van der Waals surface area contributed by atoms with Crippen LogP contribution in [0.15, 0.2) is 53.0 Å². The zero-order valence-corrected chi connectivity index (χ0v) is 16.7. The number of nitrogens with zero attached hydrogens (tertiary/aromatic N) is 1. The van der Waals surface area contributed by atoms with E-state index in [0.717, 1.165) is 44.3 Å². The van der Waals surface area contributed by atoms with Crippen LogP contribution in [0.4, 0.5) is 10.4 Å². The fourth-order valence-corrected chi connectivity index (χ4v) is 4.77. The number of fused-ring (bicyclic) bond motifs is 3. The van der Waals surface area contributed by atoms with E-state index in [1.807, 2.05) is 19.1 Å². The van der Waals surface area contributed by atoms with E-state index in [-0.39, 0.29) is 29.4 Å². The van der Waals surface area contributed by atoms with Gasteiger partial charge in [-0.2, -0.15) is 0 Å². The van der Waals surface area contributed by atoms with Crippen molar-refractivity contribution in [1.29, 1.82) is 0 Å². The Bertz CT molecular complexity index is 850. The molecule has 3 aliphatic rings. The lowest BCUT2D eigenvalue weighted by molar-refractivity contribution is -0.132. The minimum absolute atomic E-state index is 0.0321. The molecule has 1 aromatic carbocycles. The van der Waals surface area contributed by atoms with E-state index < -0.39 is 0 Å². The maximum absolute atomic E-state index is 12.8. The zero-order valence-electron chi connectivity index (χ0n) is 16.7. The van der Waals surface area contributed by atoms with Gasteiger partial charge in [0.15, 0.2) is 0 Å². The smallest absolute Gasteiger partial charge is 0.301 e. The van der Waals surface area contributed by atoms with Crippen LogP contribution < -0.4 is 10.1 Å². The van der Waals surface area contributed by atoms with Gasteiger partial charge in [-0.25, -0.2) is 9.37 Å². The van der Waals surface area contributed by atoms with Crippen LogP contribution in [0.25, 0.3) is 0 Å². The molecule has 1 amide bonds. The van der Waals surface area contributed by atoms with Gasteiger partial charge in [-0.1, -0.05) is 19.1 Å². The van der Waals surface area contributed by atoms with E-state index in [9.17, 15) is 9.18 Å². The maximum Gasteiger partial charge on any atom is 0.301 e. The van der Waals surface area contributed by atoms with Crippen LogP contribution in [0.5, 0.6) is 5.75 Å². The van der Waals surface area contributed by atoms with Crippen LogP contribution in [0.3, 0.4) is 0 Å². The van der Waals surface area contributed by atoms with Gasteiger partial charge < -0.3 is 9.15 Å². The molecule has 29 heavy (non-hydrogen) atoms. The minimum atomic E-state index is -0.311. The number of nitrogens with one attached hydrogen (secondary N) is 1. The summed E-state index contributed by atoms with van der Waals surface area (Å²) in [7, 11) is 0. The van der Waals surface area contributed by atoms with Gasteiger partial charge in [0.05, 0.1) is 12.5 Å². The normalized spacial score (nSPS) is 26.3. The SMILES string of the molecule is CC/C(=C\F)COc1ccc(C23CCC(C(=O)Nc4ncco4)(CC2)CC3)cc1. The molecule has 6 heteroatoms. The molecular formula is C23H27FN2O3. The second kappa shape index (κ2) is 8.01. The molecule has 1 aromatic heterocycles. The summed E-state index contributed by atoms with van der Waals surface area (Å²) >= 11 is 0. The molecule has 5 rings (SSSR count). The van der Waals surface area contributed by atoms with Gasteiger partial charge in [-0.15, -0.1) is 0 Å². The molecule has 0 spiro atoms. The first kappa shape index (κ1) is 19.7. The average molecular weight is 398 g/mol. The second-order valence-electron chi connectivity index (χ2n) is 8.29. The Balaban J connectivity index is 1.40. The fourth-order valence-electron chi connectivity index (χ4n) is 4.77. The van der Waals surface area contributed by atoms with Crippen molar-refractivity contribution in [2.75, 3.05) is 11.9 Å².